The second kappa shape index (κ2) is 5.64. The number of nitriles is 1. The lowest BCUT2D eigenvalue weighted by Gasteiger charge is -2.16. The highest BCUT2D eigenvalue weighted by Crippen LogP contribution is 2.25. The van der Waals surface area contributed by atoms with E-state index in [0.29, 0.717) is 10.6 Å². The van der Waals surface area contributed by atoms with Gasteiger partial charge in [-0.3, -0.25) is 0 Å². The molecule has 3 nitrogen and oxygen atoms in total. The van der Waals surface area contributed by atoms with Crippen molar-refractivity contribution in [2.24, 2.45) is 0 Å². The van der Waals surface area contributed by atoms with Crippen LogP contribution in [0.1, 0.15) is 24.1 Å². The van der Waals surface area contributed by atoms with E-state index in [1.807, 2.05) is 25.1 Å². The molecule has 1 unspecified atom stereocenters. The molecule has 0 fully saturated rings. The summed E-state index contributed by atoms with van der Waals surface area (Å²) in [5.74, 6) is 0.240. The molecule has 4 heteroatoms. The lowest BCUT2D eigenvalue weighted by atomic mass is 10.1. The van der Waals surface area contributed by atoms with E-state index in [9.17, 15) is 5.11 Å². The number of hydrogen-bond acceptors (Lipinski definition) is 3. The minimum absolute atomic E-state index is 0.0242. The minimum Gasteiger partial charge on any atom is -0.508 e. The van der Waals surface area contributed by atoms with Crippen LogP contribution in [-0.2, 0) is 0 Å². The fourth-order valence-corrected chi connectivity index (χ4v) is 2.05. The number of phenols is 1. The van der Waals surface area contributed by atoms with Crippen molar-refractivity contribution in [1.82, 2.24) is 0 Å². The van der Waals surface area contributed by atoms with Gasteiger partial charge < -0.3 is 10.4 Å². The molecule has 0 saturated heterocycles. The Balaban J connectivity index is 2.17. The standard InChI is InChI=1S/C15H13ClN2O/c1-10(11-3-2-4-14(19)7-11)18-13-6-5-12(9-17)15(16)8-13/h2-8,10,18-19H,1H3. The monoisotopic (exact) mass is 272 g/mol. The summed E-state index contributed by atoms with van der Waals surface area (Å²) >= 11 is 5.98. The van der Waals surface area contributed by atoms with Gasteiger partial charge in [0.2, 0.25) is 0 Å². The van der Waals surface area contributed by atoms with Crippen LogP contribution < -0.4 is 5.32 Å². The van der Waals surface area contributed by atoms with Crippen LogP contribution in [0.15, 0.2) is 42.5 Å². The van der Waals surface area contributed by atoms with Crippen LogP contribution in [0, 0.1) is 11.3 Å². The quantitative estimate of drug-likeness (QED) is 0.885. The first-order valence-electron chi connectivity index (χ1n) is 5.85. The summed E-state index contributed by atoms with van der Waals surface area (Å²) in [5.41, 5.74) is 2.26. The Kier molecular flexibility index (Phi) is 3.94. The van der Waals surface area contributed by atoms with E-state index in [0.717, 1.165) is 11.3 Å². The molecule has 1 atom stereocenters. The van der Waals surface area contributed by atoms with Gasteiger partial charge in [-0.05, 0) is 42.8 Å². The van der Waals surface area contributed by atoms with Gasteiger partial charge in [-0.15, -0.1) is 0 Å². The molecule has 96 valence electrons. The molecule has 0 heterocycles. The van der Waals surface area contributed by atoms with Crippen molar-refractivity contribution in [3.8, 4) is 11.8 Å². The molecule has 0 amide bonds. The summed E-state index contributed by atoms with van der Waals surface area (Å²) in [6.07, 6.45) is 0. The maximum atomic E-state index is 9.46. The molecule has 0 aliphatic heterocycles. The van der Waals surface area contributed by atoms with E-state index in [1.54, 1.807) is 30.3 Å². The first kappa shape index (κ1) is 13.3. The molecule has 2 N–H and O–H groups in total. The van der Waals surface area contributed by atoms with E-state index in [2.05, 4.69) is 5.32 Å². The molecule has 0 radical (unpaired) electrons. The summed E-state index contributed by atoms with van der Waals surface area (Å²) in [4.78, 5) is 0. The van der Waals surface area contributed by atoms with E-state index >= 15 is 0 Å². The fraction of sp³-hybridized carbons (Fsp3) is 0.133. The van der Waals surface area contributed by atoms with E-state index in [4.69, 9.17) is 16.9 Å². The normalized spacial score (nSPS) is 11.6. The zero-order chi connectivity index (χ0) is 13.8. The lowest BCUT2D eigenvalue weighted by molar-refractivity contribution is 0.474. The van der Waals surface area contributed by atoms with Gasteiger partial charge in [-0.25, -0.2) is 0 Å². The largest absolute Gasteiger partial charge is 0.508 e. The topological polar surface area (TPSA) is 56.0 Å². The maximum absolute atomic E-state index is 9.46. The van der Waals surface area contributed by atoms with Crippen molar-refractivity contribution in [3.05, 3.63) is 58.6 Å². The van der Waals surface area contributed by atoms with Crippen LogP contribution >= 0.6 is 11.6 Å². The summed E-state index contributed by atoms with van der Waals surface area (Å²) < 4.78 is 0. The Labute approximate surface area is 117 Å². The molecule has 2 rings (SSSR count). The first-order chi connectivity index (χ1) is 9.10. The van der Waals surface area contributed by atoms with Gasteiger partial charge in [0.1, 0.15) is 11.8 Å². The third-order valence-corrected chi connectivity index (χ3v) is 3.16. The lowest BCUT2D eigenvalue weighted by Crippen LogP contribution is -2.06. The van der Waals surface area contributed by atoms with Crippen LogP contribution in [0.25, 0.3) is 0 Å². The van der Waals surface area contributed by atoms with Crippen LogP contribution in [0.3, 0.4) is 0 Å². The highest BCUT2D eigenvalue weighted by molar-refractivity contribution is 6.32. The van der Waals surface area contributed by atoms with Crippen molar-refractivity contribution in [2.75, 3.05) is 5.32 Å². The number of benzene rings is 2. The average Bonchev–Trinajstić information content (AvgIpc) is 2.39. The zero-order valence-electron chi connectivity index (χ0n) is 10.4. The predicted molar refractivity (Wildman–Crippen MR) is 76.3 cm³/mol. The Hall–Kier alpha value is -2.18. The molecule has 0 aliphatic rings. The molecule has 0 bridgehead atoms. The van der Waals surface area contributed by atoms with Crippen molar-refractivity contribution in [1.29, 1.82) is 5.26 Å². The predicted octanol–water partition coefficient (Wildman–Crippen LogP) is 4.09. The Morgan fingerprint density at radius 2 is 2.05 bits per heavy atom. The van der Waals surface area contributed by atoms with Gasteiger partial charge >= 0.3 is 0 Å². The van der Waals surface area contributed by atoms with E-state index < -0.39 is 0 Å². The Morgan fingerprint density at radius 3 is 2.68 bits per heavy atom. The van der Waals surface area contributed by atoms with Gasteiger partial charge in [0.25, 0.3) is 0 Å². The summed E-state index contributed by atoms with van der Waals surface area (Å²) in [7, 11) is 0. The van der Waals surface area contributed by atoms with Gasteiger partial charge in [0, 0.05) is 11.7 Å². The molecule has 0 aliphatic carbocycles. The minimum atomic E-state index is 0.0242. The van der Waals surface area contributed by atoms with Gasteiger partial charge in [-0.1, -0.05) is 23.7 Å². The molecule has 19 heavy (non-hydrogen) atoms. The number of aromatic hydroxyl groups is 1. The number of rotatable bonds is 3. The number of anilines is 1. The molecule has 2 aromatic carbocycles. The molecule has 0 aromatic heterocycles. The van der Waals surface area contributed by atoms with Gasteiger partial charge in [0.05, 0.1) is 10.6 Å². The number of nitrogens with one attached hydrogen (secondary N) is 1. The average molecular weight is 273 g/mol. The van der Waals surface area contributed by atoms with Crippen molar-refractivity contribution in [3.63, 3.8) is 0 Å². The Bertz CT molecular complexity index is 634. The smallest absolute Gasteiger partial charge is 0.115 e. The molecule has 0 spiro atoms. The van der Waals surface area contributed by atoms with Gasteiger partial charge in [0.15, 0.2) is 0 Å². The third-order valence-electron chi connectivity index (χ3n) is 2.84. The second-order valence-corrected chi connectivity index (χ2v) is 4.67. The molecule has 2 aromatic rings. The van der Waals surface area contributed by atoms with Crippen molar-refractivity contribution >= 4 is 17.3 Å². The molecular weight excluding hydrogens is 260 g/mol. The van der Waals surface area contributed by atoms with Crippen molar-refractivity contribution < 1.29 is 5.11 Å². The fourth-order valence-electron chi connectivity index (χ4n) is 1.82. The highest BCUT2D eigenvalue weighted by Gasteiger charge is 2.07. The van der Waals surface area contributed by atoms with Crippen LogP contribution in [0.4, 0.5) is 5.69 Å². The number of halogens is 1. The summed E-state index contributed by atoms with van der Waals surface area (Å²) in [6.45, 7) is 1.99. The van der Waals surface area contributed by atoms with E-state index in [1.165, 1.54) is 0 Å². The number of nitrogens with zero attached hydrogens (tertiary/aromatic N) is 1. The molecular formula is C15H13ClN2O. The van der Waals surface area contributed by atoms with Crippen LogP contribution in [0.2, 0.25) is 5.02 Å². The van der Waals surface area contributed by atoms with Crippen LogP contribution in [-0.4, -0.2) is 5.11 Å². The van der Waals surface area contributed by atoms with E-state index in [-0.39, 0.29) is 11.8 Å². The summed E-state index contributed by atoms with van der Waals surface area (Å²) in [6, 6.07) is 14.3. The number of hydrogen-bond donors (Lipinski definition) is 2. The van der Waals surface area contributed by atoms with Crippen LogP contribution in [0.5, 0.6) is 5.75 Å². The summed E-state index contributed by atoms with van der Waals surface area (Å²) in [5, 5.41) is 22.0. The second-order valence-electron chi connectivity index (χ2n) is 4.27. The van der Waals surface area contributed by atoms with Crippen molar-refractivity contribution in [2.45, 2.75) is 13.0 Å². The molecule has 0 saturated carbocycles. The third kappa shape index (κ3) is 3.18. The zero-order valence-corrected chi connectivity index (χ0v) is 11.1. The number of phenolic OH excluding ortho intramolecular Hbond substituents is 1. The Morgan fingerprint density at radius 1 is 1.26 bits per heavy atom. The SMILES string of the molecule is CC(Nc1ccc(C#N)c(Cl)c1)c1cccc(O)c1. The highest BCUT2D eigenvalue weighted by atomic mass is 35.5. The first-order valence-corrected chi connectivity index (χ1v) is 6.23. The van der Waals surface area contributed by atoms with Gasteiger partial charge in [-0.2, -0.15) is 5.26 Å². The maximum Gasteiger partial charge on any atom is 0.115 e.